The highest BCUT2D eigenvalue weighted by Crippen LogP contribution is 2.22. The van der Waals surface area contributed by atoms with Crippen LogP contribution in [0.1, 0.15) is 21.7 Å². The van der Waals surface area contributed by atoms with Gasteiger partial charge in [0, 0.05) is 28.9 Å². The molecule has 2 nitrogen and oxygen atoms in total. The van der Waals surface area contributed by atoms with Gasteiger partial charge in [0.15, 0.2) is 0 Å². The number of likely N-dealkylation sites (N-methyl/N-ethyl adjacent to an activating group) is 1. The lowest BCUT2D eigenvalue weighted by Crippen LogP contribution is -2.32. The van der Waals surface area contributed by atoms with Gasteiger partial charge in [-0.1, -0.05) is 0 Å². The average Bonchev–Trinajstić information content (AvgIpc) is 2.76. The molecule has 0 spiro atoms. The maximum absolute atomic E-state index is 3.42. The van der Waals surface area contributed by atoms with Crippen LogP contribution >= 0.6 is 11.3 Å². The van der Waals surface area contributed by atoms with E-state index in [9.17, 15) is 0 Å². The fourth-order valence-electron chi connectivity index (χ4n) is 2.25. The van der Waals surface area contributed by atoms with Gasteiger partial charge in [-0.2, -0.15) is 0 Å². The first-order valence-electron chi connectivity index (χ1n) is 5.63. The average molecular weight is 224 g/mol. The minimum Gasteiger partial charge on any atom is -0.315 e. The minimum absolute atomic E-state index is 0.726. The molecule has 0 bridgehead atoms. The highest BCUT2D eigenvalue weighted by Gasteiger charge is 2.19. The van der Waals surface area contributed by atoms with Crippen LogP contribution < -0.4 is 5.32 Å². The van der Waals surface area contributed by atoms with Crippen LogP contribution in [0.3, 0.4) is 0 Å². The maximum atomic E-state index is 3.42. The Hall–Kier alpha value is -0.380. The third-order valence-electron chi connectivity index (χ3n) is 3.22. The smallest absolute Gasteiger partial charge is 0.0245 e. The number of hydrogen-bond donors (Lipinski definition) is 1. The fraction of sp³-hybridized carbons (Fsp3) is 0.667. The second-order valence-electron chi connectivity index (χ2n) is 4.50. The summed E-state index contributed by atoms with van der Waals surface area (Å²) < 4.78 is 0. The standard InChI is InChI=1S/C12H20N2S/c1-9-6-11(10(2)15-9)8-14(3)12-4-5-13-7-12/h6,12-13H,4-5,7-8H2,1-3H3. The molecule has 0 saturated carbocycles. The molecule has 1 aromatic heterocycles. The zero-order valence-corrected chi connectivity index (χ0v) is 10.7. The zero-order chi connectivity index (χ0) is 10.8. The summed E-state index contributed by atoms with van der Waals surface area (Å²) in [6.07, 6.45) is 1.29. The molecule has 1 unspecified atom stereocenters. The van der Waals surface area contributed by atoms with E-state index in [1.807, 2.05) is 11.3 Å². The highest BCUT2D eigenvalue weighted by molar-refractivity contribution is 7.12. The molecule has 0 aliphatic carbocycles. The van der Waals surface area contributed by atoms with Crippen LogP contribution in [0.25, 0.3) is 0 Å². The van der Waals surface area contributed by atoms with E-state index < -0.39 is 0 Å². The van der Waals surface area contributed by atoms with Gasteiger partial charge in [-0.3, -0.25) is 4.90 Å². The lowest BCUT2D eigenvalue weighted by atomic mass is 10.2. The number of rotatable bonds is 3. The Kier molecular flexibility index (Phi) is 3.44. The second kappa shape index (κ2) is 4.64. The molecule has 2 heterocycles. The fourth-order valence-corrected chi connectivity index (χ4v) is 3.19. The molecule has 1 N–H and O–H groups in total. The number of thiophene rings is 1. The third kappa shape index (κ3) is 2.60. The molecule has 0 aromatic carbocycles. The summed E-state index contributed by atoms with van der Waals surface area (Å²) in [4.78, 5) is 5.39. The Labute approximate surface area is 96.3 Å². The molecule has 1 fully saturated rings. The quantitative estimate of drug-likeness (QED) is 0.846. The monoisotopic (exact) mass is 224 g/mol. The van der Waals surface area contributed by atoms with E-state index in [2.05, 4.69) is 37.2 Å². The SMILES string of the molecule is Cc1cc(CN(C)C2CCNC2)c(C)s1. The van der Waals surface area contributed by atoms with E-state index in [0.29, 0.717) is 0 Å². The van der Waals surface area contributed by atoms with Crippen molar-refractivity contribution in [2.75, 3.05) is 20.1 Å². The van der Waals surface area contributed by atoms with E-state index in [-0.39, 0.29) is 0 Å². The number of nitrogens with one attached hydrogen (secondary N) is 1. The van der Waals surface area contributed by atoms with E-state index in [0.717, 1.165) is 19.1 Å². The normalized spacial score (nSPS) is 21.5. The van der Waals surface area contributed by atoms with Crippen LogP contribution in [0.2, 0.25) is 0 Å². The summed E-state index contributed by atoms with van der Waals surface area (Å²) in [5.74, 6) is 0. The summed E-state index contributed by atoms with van der Waals surface area (Å²) in [5, 5.41) is 3.42. The molecule has 15 heavy (non-hydrogen) atoms. The number of aryl methyl sites for hydroxylation is 2. The van der Waals surface area contributed by atoms with Gasteiger partial charge in [-0.25, -0.2) is 0 Å². The highest BCUT2D eigenvalue weighted by atomic mass is 32.1. The number of hydrogen-bond acceptors (Lipinski definition) is 3. The Bertz CT molecular complexity index is 326. The van der Waals surface area contributed by atoms with Crippen molar-refractivity contribution < 1.29 is 0 Å². The first kappa shape index (κ1) is 11.1. The van der Waals surface area contributed by atoms with Crippen LogP contribution in [-0.2, 0) is 6.54 Å². The predicted molar refractivity (Wildman–Crippen MR) is 66.5 cm³/mol. The summed E-state index contributed by atoms with van der Waals surface area (Å²) in [6, 6.07) is 3.06. The zero-order valence-electron chi connectivity index (χ0n) is 9.84. The van der Waals surface area contributed by atoms with Crippen molar-refractivity contribution in [2.24, 2.45) is 0 Å². The predicted octanol–water partition coefficient (Wildman–Crippen LogP) is 2.16. The molecule has 0 radical (unpaired) electrons. The van der Waals surface area contributed by atoms with Gasteiger partial charge >= 0.3 is 0 Å². The Balaban J connectivity index is 1.98. The van der Waals surface area contributed by atoms with E-state index >= 15 is 0 Å². The molecule has 1 atom stereocenters. The summed E-state index contributed by atoms with van der Waals surface area (Å²) in [7, 11) is 2.24. The largest absolute Gasteiger partial charge is 0.315 e. The minimum atomic E-state index is 0.726. The van der Waals surface area contributed by atoms with E-state index in [1.54, 1.807) is 0 Å². The van der Waals surface area contributed by atoms with Gasteiger partial charge < -0.3 is 5.32 Å². The molecule has 0 amide bonds. The van der Waals surface area contributed by atoms with Crippen molar-refractivity contribution in [3.8, 4) is 0 Å². The van der Waals surface area contributed by atoms with Gasteiger partial charge in [0.05, 0.1) is 0 Å². The van der Waals surface area contributed by atoms with Gasteiger partial charge in [0.25, 0.3) is 0 Å². The molecular weight excluding hydrogens is 204 g/mol. The first-order valence-corrected chi connectivity index (χ1v) is 6.45. The summed E-state index contributed by atoms with van der Waals surface area (Å²) in [5.41, 5.74) is 1.51. The molecule has 3 heteroatoms. The summed E-state index contributed by atoms with van der Waals surface area (Å²) in [6.45, 7) is 7.85. The number of nitrogens with zero attached hydrogens (tertiary/aromatic N) is 1. The Morgan fingerprint density at radius 1 is 1.53 bits per heavy atom. The van der Waals surface area contributed by atoms with Crippen molar-refractivity contribution in [3.05, 3.63) is 21.4 Å². The van der Waals surface area contributed by atoms with Gasteiger partial charge in [-0.15, -0.1) is 11.3 Å². The van der Waals surface area contributed by atoms with Crippen molar-refractivity contribution >= 4 is 11.3 Å². The van der Waals surface area contributed by atoms with Crippen molar-refractivity contribution in [2.45, 2.75) is 32.9 Å². The molecular formula is C12H20N2S. The lowest BCUT2D eigenvalue weighted by Gasteiger charge is -2.23. The van der Waals surface area contributed by atoms with Gasteiger partial charge in [0.1, 0.15) is 0 Å². The molecule has 1 aromatic rings. The van der Waals surface area contributed by atoms with Crippen molar-refractivity contribution in [1.82, 2.24) is 10.2 Å². The van der Waals surface area contributed by atoms with Crippen molar-refractivity contribution in [3.63, 3.8) is 0 Å². The molecule has 84 valence electrons. The summed E-state index contributed by atoms with van der Waals surface area (Å²) >= 11 is 1.91. The maximum Gasteiger partial charge on any atom is 0.0245 e. The van der Waals surface area contributed by atoms with Crippen LogP contribution in [0.15, 0.2) is 6.07 Å². The molecule has 1 aliphatic rings. The molecule has 2 rings (SSSR count). The van der Waals surface area contributed by atoms with Crippen molar-refractivity contribution in [1.29, 1.82) is 0 Å². The van der Waals surface area contributed by atoms with Crippen LogP contribution in [0.4, 0.5) is 0 Å². The Morgan fingerprint density at radius 2 is 2.33 bits per heavy atom. The Morgan fingerprint density at radius 3 is 2.87 bits per heavy atom. The second-order valence-corrected chi connectivity index (χ2v) is 5.96. The molecule has 1 saturated heterocycles. The van der Waals surface area contributed by atoms with Gasteiger partial charge in [0.2, 0.25) is 0 Å². The lowest BCUT2D eigenvalue weighted by molar-refractivity contribution is 0.249. The topological polar surface area (TPSA) is 15.3 Å². The first-order chi connectivity index (χ1) is 7.16. The molecule has 1 aliphatic heterocycles. The van der Waals surface area contributed by atoms with Gasteiger partial charge in [-0.05, 0) is 45.5 Å². The van der Waals surface area contributed by atoms with Crippen LogP contribution in [0, 0.1) is 13.8 Å². The van der Waals surface area contributed by atoms with E-state index in [4.69, 9.17) is 0 Å². The van der Waals surface area contributed by atoms with Crippen LogP contribution in [0.5, 0.6) is 0 Å². The van der Waals surface area contributed by atoms with Crippen LogP contribution in [-0.4, -0.2) is 31.1 Å². The van der Waals surface area contributed by atoms with E-state index in [1.165, 1.54) is 28.3 Å². The third-order valence-corrected chi connectivity index (χ3v) is 4.23.